The van der Waals surface area contributed by atoms with Gasteiger partial charge in [0.05, 0.1) is 12.3 Å². The van der Waals surface area contributed by atoms with Crippen molar-refractivity contribution < 1.29 is 18.3 Å². The first kappa shape index (κ1) is 15.2. The highest BCUT2D eigenvalue weighted by Crippen LogP contribution is 2.19. The van der Waals surface area contributed by atoms with E-state index in [0.29, 0.717) is 6.07 Å². The largest absolute Gasteiger partial charge is 0.493 e. The predicted octanol–water partition coefficient (Wildman–Crippen LogP) is 2.89. The van der Waals surface area contributed by atoms with Crippen LogP contribution in [-0.4, -0.2) is 16.4 Å². The predicted molar refractivity (Wildman–Crippen MR) is 73.3 cm³/mol. The zero-order valence-corrected chi connectivity index (χ0v) is 11.7. The highest BCUT2D eigenvalue weighted by atomic mass is 35.5. The van der Waals surface area contributed by atoms with E-state index in [1.54, 1.807) is 6.92 Å². The molecule has 0 N–H and O–H groups in total. The van der Waals surface area contributed by atoms with E-state index in [1.165, 1.54) is 12.3 Å². The maximum absolute atomic E-state index is 13.7. The number of benzene rings is 1. The number of carbonyl (C=O) groups excluding carboxylic acids is 1. The Morgan fingerprint density at radius 3 is 2.62 bits per heavy atom. The molecule has 0 spiro atoms. The molecule has 7 heteroatoms. The van der Waals surface area contributed by atoms with Crippen molar-refractivity contribution in [1.29, 1.82) is 0 Å². The fourth-order valence-corrected chi connectivity index (χ4v) is 2.02. The summed E-state index contributed by atoms with van der Waals surface area (Å²) < 4.78 is 32.7. The van der Waals surface area contributed by atoms with Crippen LogP contribution >= 0.6 is 11.6 Å². The van der Waals surface area contributed by atoms with Crippen LogP contribution in [0.2, 0.25) is 0 Å². The normalized spacial score (nSPS) is 10.5. The Morgan fingerprint density at radius 2 is 2.05 bits per heavy atom. The number of rotatable bonds is 4. The minimum Gasteiger partial charge on any atom is -0.493 e. The molecule has 1 heterocycles. The van der Waals surface area contributed by atoms with Crippen molar-refractivity contribution in [3.8, 4) is 11.4 Å². The third-order valence-corrected chi connectivity index (χ3v) is 2.91. The van der Waals surface area contributed by atoms with Gasteiger partial charge in [-0.1, -0.05) is 0 Å². The van der Waals surface area contributed by atoms with Crippen molar-refractivity contribution in [1.82, 2.24) is 4.57 Å². The average molecular weight is 314 g/mol. The lowest BCUT2D eigenvalue weighted by atomic mass is 10.2. The molecule has 0 aliphatic carbocycles. The lowest BCUT2D eigenvalue weighted by Crippen LogP contribution is -2.25. The maximum atomic E-state index is 13.7. The molecule has 2 rings (SSSR count). The van der Waals surface area contributed by atoms with Crippen molar-refractivity contribution in [3.63, 3.8) is 0 Å². The van der Waals surface area contributed by atoms with Crippen LogP contribution in [0, 0.1) is 11.6 Å². The van der Waals surface area contributed by atoms with Gasteiger partial charge in [0.2, 0.25) is 0 Å². The summed E-state index contributed by atoms with van der Waals surface area (Å²) in [7, 11) is 0. The molecule has 0 bridgehead atoms. The lowest BCUT2D eigenvalue weighted by Gasteiger charge is -2.11. The molecule has 110 valence electrons. The van der Waals surface area contributed by atoms with E-state index in [-0.39, 0.29) is 18.0 Å². The van der Waals surface area contributed by atoms with Crippen molar-refractivity contribution >= 4 is 16.8 Å². The molecule has 1 aromatic heterocycles. The highest BCUT2D eigenvalue weighted by molar-refractivity contribution is 6.68. The summed E-state index contributed by atoms with van der Waals surface area (Å²) in [5.41, 5.74) is -1.43. The fraction of sp³-hybridized carbons (Fsp3) is 0.143. The Kier molecular flexibility index (Phi) is 4.37. The Bertz CT molecular complexity index is 758. The Morgan fingerprint density at radius 1 is 1.33 bits per heavy atom. The molecular formula is C14H10ClF2NO3. The number of hydrogen-bond donors (Lipinski definition) is 0. The van der Waals surface area contributed by atoms with Crippen molar-refractivity contribution in [3.05, 3.63) is 58.0 Å². The number of ether oxygens (including phenoxy) is 1. The molecule has 0 aliphatic heterocycles. The molecule has 0 fully saturated rings. The van der Waals surface area contributed by atoms with Crippen molar-refractivity contribution in [2.45, 2.75) is 6.92 Å². The van der Waals surface area contributed by atoms with Crippen molar-refractivity contribution in [2.24, 2.45) is 0 Å². The third-order valence-electron chi connectivity index (χ3n) is 2.72. The van der Waals surface area contributed by atoms with Gasteiger partial charge in [-0.25, -0.2) is 8.78 Å². The summed E-state index contributed by atoms with van der Waals surface area (Å²) in [5.74, 6) is -1.70. The van der Waals surface area contributed by atoms with Gasteiger partial charge < -0.3 is 4.74 Å². The molecule has 0 atom stereocenters. The van der Waals surface area contributed by atoms with Gasteiger partial charge in [0.25, 0.3) is 10.8 Å². The summed E-state index contributed by atoms with van der Waals surface area (Å²) in [6.07, 6.45) is 1.23. The summed E-state index contributed by atoms with van der Waals surface area (Å²) >= 11 is 5.39. The summed E-state index contributed by atoms with van der Waals surface area (Å²) in [6.45, 7) is 1.90. The van der Waals surface area contributed by atoms with Crippen LogP contribution in [0.15, 0.2) is 35.3 Å². The summed E-state index contributed by atoms with van der Waals surface area (Å²) in [5, 5.41) is -1.01. The van der Waals surface area contributed by atoms with Gasteiger partial charge in [-0.3, -0.25) is 14.2 Å². The zero-order valence-electron chi connectivity index (χ0n) is 10.9. The van der Waals surface area contributed by atoms with Crippen LogP contribution in [0.1, 0.15) is 17.3 Å². The second-order valence-corrected chi connectivity index (χ2v) is 4.38. The highest BCUT2D eigenvalue weighted by Gasteiger charge is 2.19. The van der Waals surface area contributed by atoms with Gasteiger partial charge in [0, 0.05) is 12.3 Å². The summed E-state index contributed by atoms with van der Waals surface area (Å²) in [6, 6.07) is 4.06. The first-order valence-electron chi connectivity index (χ1n) is 5.99. The Hall–Kier alpha value is -2.21. The van der Waals surface area contributed by atoms with E-state index in [2.05, 4.69) is 0 Å². The molecule has 2 aromatic rings. The van der Waals surface area contributed by atoms with Gasteiger partial charge in [-0.05, 0) is 36.7 Å². The molecule has 0 saturated heterocycles. The first-order chi connectivity index (χ1) is 9.95. The molecular weight excluding hydrogens is 304 g/mol. The molecule has 0 unspecified atom stereocenters. The number of carbonyl (C=O) groups is 1. The molecule has 1 aromatic carbocycles. The van der Waals surface area contributed by atoms with Crippen LogP contribution in [0.25, 0.3) is 5.69 Å². The van der Waals surface area contributed by atoms with E-state index in [4.69, 9.17) is 16.3 Å². The number of aromatic nitrogens is 1. The van der Waals surface area contributed by atoms with Gasteiger partial charge >= 0.3 is 0 Å². The molecule has 0 aliphatic rings. The minimum absolute atomic E-state index is 0.0151. The number of pyridine rings is 1. The van der Waals surface area contributed by atoms with Crippen LogP contribution in [0.3, 0.4) is 0 Å². The number of hydrogen-bond acceptors (Lipinski definition) is 3. The molecule has 4 nitrogen and oxygen atoms in total. The second-order valence-electron chi connectivity index (χ2n) is 4.03. The van der Waals surface area contributed by atoms with Gasteiger partial charge in [-0.2, -0.15) is 0 Å². The zero-order chi connectivity index (χ0) is 15.6. The molecule has 21 heavy (non-hydrogen) atoms. The van der Waals surface area contributed by atoms with E-state index >= 15 is 0 Å². The topological polar surface area (TPSA) is 48.3 Å². The monoisotopic (exact) mass is 313 g/mol. The standard InChI is InChI=1S/C14H10ClF2NO3/c1-2-21-11-5-6-18(14(20)12(11)13(15)19)10-4-3-8(16)7-9(10)17/h3-7H,2H2,1H3. The first-order valence-corrected chi connectivity index (χ1v) is 6.37. The van der Waals surface area contributed by atoms with Gasteiger partial charge in [-0.15, -0.1) is 0 Å². The van der Waals surface area contributed by atoms with Crippen molar-refractivity contribution in [2.75, 3.05) is 6.61 Å². The van der Waals surface area contributed by atoms with E-state index in [1.807, 2.05) is 0 Å². The minimum atomic E-state index is -1.01. The quantitative estimate of drug-likeness (QED) is 0.815. The summed E-state index contributed by atoms with van der Waals surface area (Å²) in [4.78, 5) is 23.7. The van der Waals surface area contributed by atoms with E-state index in [0.717, 1.165) is 16.7 Å². The van der Waals surface area contributed by atoms with Crippen LogP contribution < -0.4 is 10.3 Å². The maximum Gasteiger partial charge on any atom is 0.271 e. The molecule has 0 amide bonds. The Balaban J connectivity index is 2.69. The fourth-order valence-electron chi connectivity index (χ4n) is 1.84. The van der Waals surface area contributed by atoms with E-state index in [9.17, 15) is 18.4 Å². The van der Waals surface area contributed by atoms with Crippen LogP contribution in [0.5, 0.6) is 5.75 Å². The molecule has 0 radical (unpaired) electrons. The molecule has 0 saturated carbocycles. The lowest BCUT2D eigenvalue weighted by molar-refractivity contribution is 0.107. The SMILES string of the molecule is CCOc1ccn(-c2ccc(F)cc2F)c(=O)c1C(=O)Cl. The number of halogens is 3. The number of nitrogens with zero attached hydrogens (tertiary/aromatic N) is 1. The smallest absolute Gasteiger partial charge is 0.271 e. The van der Waals surface area contributed by atoms with Crippen LogP contribution in [0.4, 0.5) is 8.78 Å². The van der Waals surface area contributed by atoms with Crippen LogP contribution in [-0.2, 0) is 0 Å². The second kappa shape index (κ2) is 6.05. The van der Waals surface area contributed by atoms with E-state index < -0.39 is 28.0 Å². The Labute approximate surface area is 123 Å². The third kappa shape index (κ3) is 2.95. The van der Waals surface area contributed by atoms with Gasteiger partial charge in [0.1, 0.15) is 22.9 Å². The average Bonchev–Trinajstić information content (AvgIpc) is 2.40. The van der Waals surface area contributed by atoms with Gasteiger partial charge in [0.15, 0.2) is 0 Å².